The lowest BCUT2D eigenvalue weighted by Gasteiger charge is -2.23. The van der Waals surface area contributed by atoms with Gasteiger partial charge in [0.15, 0.2) is 0 Å². The standard InChI is InChI=1S/C13H8BrF2I/c14-12(17)6-5-9-8-3-1-2-4-10(8)13(15,16)11(9)7-12/h1-5,7H,6H2. The molecular weight excluding hydrogens is 401 g/mol. The molecule has 0 saturated heterocycles. The maximum Gasteiger partial charge on any atom is 0.299 e. The summed E-state index contributed by atoms with van der Waals surface area (Å²) in [5, 5.41) is 0. The van der Waals surface area contributed by atoms with Gasteiger partial charge >= 0.3 is 0 Å². The molecule has 88 valence electrons. The van der Waals surface area contributed by atoms with Gasteiger partial charge in [-0.1, -0.05) is 68.9 Å². The Labute approximate surface area is 120 Å². The number of allylic oxidation sites excluding steroid dienone is 4. The molecule has 17 heavy (non-hydrogen) atoms. The minimum atomic E-state index is -2.87. The topological polar surface area (TPSA) is 0 Å². The number of alkyl halides is 4. The molecule has 3 rings (SSSR count). The lowest BCUT2D eigenvalue weighted by Crippen LogP contribution is -2.17. The summed E-state index contributed by atoms with van der Waals surface area (Å²) in [4.78, 5) is 0. The minimum Gasteiger partial charge on any atom is -0.196 e. The van der Waals surface area contributed by atoms with Gasteiger partial charge in [-0.2, -0.15) is 8.78 Å². The van der Waals surface area contributed by atoms with Gasteiger partial charge < -0.3 is 0 Å². The Morgan fingerprint density at radius 3 is 2.71 bits per heavy atom. The highest BCUT2D eigenvalue weighted by molar-refractivity contribution is 14.1. The van der Waals surface area contributed by atoms with E-state index in [1.165, 1.54) is 6.07 Å². The van der Waals surface area contributed by atoms with E-state index < -0.39 is 8.25 Å². The zero-order valence-corrected chi connectivity index (χ0v) is 12.4. The highest BCUT2D eigenvalue weighted by atomic mass is 127. The fourth-order valence-corrected chi connectivity index (χ4v) is 3.27. The van der Waals surface area contributed by atoms with Gasteiger partial charge in [-0.3, -0.25) is 0 Å². The molecule has 2 aliphatic carbocycles. The highest BCUT2D eigenvalue weighted by Gasteiger charge is 2.49. The van der Waals surface area contributed by atoms with Crippen LogP contribution in [0.4, 0.5) is 8.78 Å². The van der Waals surface area contributed by atoms with Crippen LogP contribution in [0.25, 0.3) is 5.57 Å². The minimum absolute atomic E-state index is 0.124. The molecule has 0 spiro atoms. The highest BCUT2D eigenvalue weighted by Crippen LogP contribution is 2.56. The number of hydrogen-bond donors (Lipinski definition) is 0. The molecule has 1 aromatic rings. The smallest absolute Gasteiger partial charge is 0.196 e. The number of benzene rings is 1. The van der Waals surface area contributed by atoms with E-state index in [9.17, 15) is 8.78 Å². The van der Waals surface area contributed by atoms with Crippen LogP contribution in [0.2, 0.25) is 0 Å². The van der Waals surface area contributed by atoms with Crippen LogP contribution in [-0.4, -0.2) is 2.33 Å². The van der Waals surface area contributed by atoms with Crippen LogP contribution in [-0.2, 0) is 5.92 Å². The average molecular weight is 409 g/mol. The van der Waals surface area contributed by atoms with Gasteiger partial charge in [-0.05, 0) is 23.6 Å². The van der Waals surface area contributed by atoms with Crippen LogP contribution in [0, 0.1) is 0 Å². The zero-order valence-electron chi connectivity index (χ0n) is 8.68. The molecule has 0 fully saturated rings. The van der Waals surface area contributed by atoms with Crippen molar-refractivity contribution >= 4 is 44.1 Å². The third-order valence-corrected chi connectivity index (χ3v) is 4.42. The molecule has 0 heterocycles. The second kappa shape index (κ2) is 3.63. The molecule has 1 unspecified atom stereocenters. The Morgan fingerprint density at radius 2 is 1.94 bits per heavy atom. The van der Waals surface area contributed by atoms with E-state index in [1.54, 1.807) is 24.3 Å². The summed E-state index contributed by atoms with van der Waals surface area (Å²) in [5.41, 5.74) is 1.62. The average Bonchev–Trinajstić information content (AvgIpc) is 2.48. The Morgan fingerprint density at radius 1 is 1.24 bits per heavy atom. The molecule has 0 N–H and O–H groups in total. The molecule has 0 radical (unpaired) electrons. The van der Waals surface area contributed by atoms with Crippen LogP contribution in [0.1, 0.15) is 17.5 Å². The largest absolute Gasteiger partial charge is 0.299 e. The quantitative estimate of drug-likeness (QED) is 0.417. The van der Waals surface area contributed by atoms with Gasteiger partial charge in [0, 0.05) is 11.1 Å². The van der Waals surface area contributed by atoms with Gasteiger partial charge in [0.2, 0.25) is 0 Å². The Bertz CT molecular complexity index is 558. The van der Waals surface area contributed by atoms with Gasteiger partial charge in [0.25, 0.3) is 5.92 Å². The van der Waals surface area contributed by atoms with E-state index in [1.807, 2.05) is 6.08 Å². The predicted molar refractivity (Wildman–Crippen MR) is 76.7 cm³/mol. The van der Waals surface area contributed by atoms with Gasteiger partial charge in [-0.25, -0.2) is 0 Å². The predicted octanol–water partition coefficient (Wildman–Crippen LogP) is 5.03. The van der Waals surface area contributed by atoms with E-state index in [4.69, 9.17) is 0 Å². The van der Waals surface area contributed by atoms with Crippen LogP contribution >= 0.6 is 38.5 Å². The number of fused-ring (bicyclic) bond motifs is 3. The van der Waals surface area contributed by atoms with Gasteiger partial charge in [0.1, 0.15) is 0 Å². The van der Waals surface area contributed by atoms with E-state index in [-0.39, 0.29) is 11.1 Å². The molecular formula is C13H8BrF2I. The SMILES string of the molecule is FC1(F)C2=CC(Br)(I)CC=C2c2ccccc21. The van der Waals surface area contributed by atoms with Crippen molar-refractivity contribution in [3.05, 3.63) is 53.1 Å². The van der Waals surface area contributed by atoms with E-state index in [0.29, 0.717) is 11.1 Å². The molecule has 1 aromatic carbocycles. The molecule has 0 aliphatic heterocycles. The molecule has 0 bridgehead atoms. The van der Waals surface area contributed by atoms with Crippen molar-refractivity contribution in [3.63, 3.8) is 0 Å². The molecule has 1 atom stereocenters. The zero-order chi connectivity index (χ0) is 12.3. The van der Waals surface area contributed by atoms with Crippen molar-refractivity contribution in [1.29, 1.82) is 0 Å². The first kappa shape index (κ1) is 11.8. The van der Waals surface area contributed by atoms with Gasteiger partial charge in [0.05, 0.1) is 2.33 Å². The van der Waals surface area contributed by atoms with Crippen molar-refractivity contribution in [2.75, 3.05) is 0 Å². The van der Waals surface area contributed by atoms with Crippen molar-refractivity contribution in [2.45, 2.75) is 14.7 Å². The normalized spacial score (nSPS) is 29.2. The van der Waals surface area contributed by atoms with Crippen LogP contribution < -0.4 is 0 Å². The van der Waals surface area contributed by atoms with E-state index >= 15 is 0 Å². The summed E-state index contributed by atoms with van der Waals surface area (Å²) in [6.07, 6.45) is 4.26. The van der Waals surface area contributed by atoms with Gasteiger partial charge in [-0.15, -0.1) is 0 Å². The third-order valence-electron chi connectivity index (χ3n) is 3.12. The van der Waals surface area contributed by atoms with Crippen molar-refractivity contribution < 1.29 is 8.78 Å². The summed E-state index contributed by atoms with van der Waals surface area (Å²) in [6.45, 7) is 0. The number of rotatable bonds is 0. The van der Waals surface area contributed by atoms with E-state index in [0.717, 1.165) is 6.42 Å². The first-order valence-electron chi connectivity index (χ1n) is 5.21. The Kier molecular flexibility index (Phi) is 2.53. The van der Waals surface area contributed by atoms with Crippen molar-refractivity contribution in [1.82, 2.24) is 0 Å². The molecule has 2 aliphatic rings. The summed E-state index contributed by atoms with van der Waals surface area (Å²) in [6, 6.07) is 6.75. The first-order chi connectivity index (χ1) is 7.92. The van der Waals surface area contributed by atoms with Crippen molar-refractivity contribution in [3.8, 4) is 0 Å². The summed E-state index contributed by atoms with van der Waals surface area (Å²) >= 11 is 5.60. The summed E-state index contributed by atoms with van der Waals surface area (Å²) in [7, 11) is 0. The third kappa shape index (κ3) is 1.71. The molecule has 0 nitrogen and oxygen atoms in total. The fourth-order valence-electron chi connectivity index (χ4n) is 2.35. The van der Waals surface area contributed by atoms with Crippen LogP contribution in [0.15, 0.2) is 42.0 Å². The Hall–Kier alpha value is -0.230. The summed E-state index contributed by atoms with van der Waals surface area (Å²) in [5.74, 6) is -2.87. The maximum atomic E-state index is 14.3. The maximum absolute atomic E-state index is 14.3. The monoisotopic (exact) mass is 408 g/mol. The second-order valence-electron chi connectivity index (χ2n) is 4.26. The number of halogens is 4. The molecule has 4 heteroatoms. The lowest BCUT2D eigenvalue weighted by atomic mass is 9.97. The first-order valence-corrected chi connectivity index (χ1v) is 7.08. The fraction of sp³-hybridized carbons (Fsp3) is 0.231. The Balaban J connectivity index is 2.27. The van der Waals surface area contributed by atoms with Crippen LogP contribution in [0.3, 0.4) is 0 Å². The summed E-state index contributed by atoms with van der Waals surface area (Å²) < 4.78 is 28.2. The molecule has 0 saturated carbocycles. The van der Waals surface area contributed by atoms with Crippen LogP contribution in [0.5, 0.6) is 0 Å². The lowest BCUT2D eigenvalue weighted by molar-refractivity contribution is 0.0474. The molecule has 0 amide bonds. The second-order valence-corrected chi connectivity index (χ2v) is 9.08. The van der Waals surface area contributed by atoms with Crippen molar-refractivity contribution in [2.24, 2.45) is 0 Å². The molecule has 0 aromatic heterocycles. The van der Waals surface area contributed by atoms with E-state index in [2.05, 4.69) is 38.5 Å². The number of hydrogen-bond acceptors (Lipinski definition) is 0.